The highest BCUT2D eigenvalue weighted by molar-refractivity contribution is 6.30. The largest absolute Gasteiger partial charge is 0.282 e. The lowest BCUT2D eigenvalue weighted by Crippen LogP contribution is -2.39. The van der Waals surface area contributed by atoms with Crippen molar-refractivity contribution in [1.29, 1.82) is 0 Å². The van der Waals surface area contributed by atoms with Gasteiger partial charge in [-0.15, -0.1) is 0 Å². The summed E-state index contributed by atoms with van der Waals surface area (Å²) in [4.78, 5) is 19.3. The number of rotatable bonds is 4. The van der Waals surface area contributed by atoms with Gasteiger partial charge in [0.25, 0.3) is 5.91 Å². The molecule has 0 aliphatic carbocycles. The van der Waals surface area contributed by atoms with Crippen molar-refractivity contribution in [3.8, 4) is 0 Å². The van der Waals surface area contributed by atoms with Gasteiger partial charge >= 0.3 is 0 Å². The second-order valence-electron chi connectivity index (χ2n) is 8.67. The van der Waals surface area contributed by atoms with Gasteiger partial charge in [0, 0.05) is 24.4 Å². The zero-order chi connectivity index (χ0) is 23.8. The van der Waals surface area contributed by atoms with E-state index in [0.717, 1.165) is 22.4 Å². The number of hydrogen-bond acceptors (Lipinski definition) is 4. The predicted octanol–water partition coefficient (Wildman–Crippen LogP) is 5.03. The van der Waals surface area contributed by atoms with Crippen LogP contribution in [-0.4, -0.2) is 47.1 Å². The quantitative estimate of drug-likeness (QED) is 0.532. The molecular formula is C27H24ClFN4O. The minimum absolute atomic E-state index is 0.0128. The van der Waals surface area contributed by atoms with Crippen LogP contribution >= 0.6 is 11.6 Å². The maximum atomic E-state index is 14.0. The van der Waals surface area contributed by atoms with Crippen LogP contribution in [-0.2, 0) is 11.2 Å². The molecule has 2 unspecified atom stereocenters. The minimum atomic E-state index is -0.605. The highest BCUT2D eigenvalue weighted by Gasteiger charge is 2.39. The highest BCUT2D eigenvalue weighted by Crippen LogP contribution is 2.31. The molecule has 2 heterocycles. The normalized spacial score (nSPS) is 20.1. The molecule has 0 aromatic heterocycles. The number of hydrogen-bond donors (Lipinski definition) is 0. The van der Waals surface area contributed by atoms with E-state index in [0.29, 0.717) is 29.5 Å². The topological polar surface area (TPSA) is 48.3 Å². The number of amides is 1. The lowest BCUT2D eigenvalue weighted by atomic mass is 9.91. The molecule has 0 radical (unpaired) electrons. The molecule has 0 saturated heterocycles. The third-order valence-corrected chi connectivity index (χ3v) is 6.59. The Labute approximate surface area is 203 Å². The molecule has 34 heavy (non-hydrogen) atoms. The number of aryl methyl sites for hydroxylation is 1. The van der Waals surface area contributed by atoms with Gasteiger partial charge in [-0.2, -0.15) is 5.10 Å². The van der Waals surface area contributed by atoms with Gasteiger partial charge in [0.15, 0.2) is 0 Å². The van der Waals surface area contributed by atoms with Crippen LogP contribution in [0.3, 0.4) is 0 Å². The Hall–Kier alpha value is -3.51. The number of likely N-dealkylation sites (N-methyl/N-ethyl adjacent to an activating group) is 1. The molecule has 2 aliphatic heterocycles. The summed E-state index contributed by atoms with van der Waals surface area (Å²) in [7, 11) is 1.71. The highest BCUT2D eigenvalue weighted by atomic mass is 35.5. The summed E-state index contributed by atoms with van der Waals surface area (Å²) in [5, 5.41) is 7.37. The molecule has 5 nitrogen and oxygen atoms in total. The van der Waals surface area contributed by atoms with E-state index in [4.69, 9.17) is 21.7 Å². The third-order valence-electron chi connectivity index (χ3n) is 6.34. The summed E-state index contributed by atoms with van der Waals surface area (Å²) in [6, 6.07) is 22.2. The van der Waals surface area contributed by atoms with Crippen LogP contribution in [0, 0.1) is 12.7 Å². The summed E-state index contributed by atoms with van der Waals surface area (Å²) in [5.41, 5.74) is 4.33. The smallest absolute Gasteiger partial charge is 0.254 e. The lowest BCUT2D eigenvalue weighted by Gasteiger charge is -2.20. The van der Waals surface area contributed by atoms with Gasteiger partial charge in [-0.05, 0) is 47.4 Å². The molecule has 172 valence electrons. The van der Waals surface area contributed by atoms with Gasteiger partial charge in [-0.1, -0.05) is 66.2 Å². The number of aliphatic imine (C=N–C) groups is 1. The first-order chi connectivity index (χ1) is 16.4. The molecule has 0 spiro atoms. The predicted molar refractivity (Wildman–Crippen MR) is 133 cm³/mol. The minimum Gasteiger partial charge on any atom is -0.282 e. The van der Waals surface area contributed by atoms with Crippen molar-refractivity contribution in [2.75, 3.05) is 13.6 Å². The van der Waals surface area contributed by atoms with Gasteiger partial charge in [-0.3, -0.25) is 9.69 Å². The Bertz CT molecular complexity index is 1290. The van der Waals surface area contributed by atoms with E-state index >= 15 is 0 Å². The third kappa shape index (κ3) is 4.21. The summed E-state index contributed by atoms with van der Waals surface area (Å²) < 4.78 is 14.0. The van der Waals surface area contributed by atoms with Gasteiger partial charge < -0.3 is 0 Å². The van der Waals surface area contributed by atoms with E-state index in [2.05, 4.69) is 12.1 Å². The van der Waals surface area contributed by atoms with Crippen LogP contribution in [0.2, 0.25) is 5.02 Å². The molecule has 3 aromatic rings. The first kappa shape index (κ1) is 22.3. The van der Waals surface area contributed by atoms with Crippen LogP contribution in [0.4, 0.5) is 4.39 Å². The standard InChI is InChI=1S/C27H24ClFN4O/c1-17-8-9-18(14-23(17)29)15-24-26(34)32(2)27(30-24)33-16-22(19-6-4-3-5-7-19)25(31-33)20-10-12-21(28)13-11-20/h3-14,22,24H,15-16H2,1-2H3. The van der Waals surface area contributed by atoms with Crippen molar-refractivity contribution in [1.82, 2.24) is 9.91 Å². The van der Waals surface area contributed by atoms with E-state index in [1.807, 2.05) is 48.5 Å². The fourth-order valence-corrected chi connectivity index (χ4v) is 4.54. The fourth-order valence-electron chi connectivity index (χ4n) is 4.42. The first-order valence-corrected chi connectivity index (χ1v) is 11.6. The maximum absolute atomic E-state index is 14.0. The number of guanidine groups is 1. The number of nitrogens with zero attached hydrogens (tertiary/aromatic N) is 4. The van der Waals surface area contributed by atoms with E-state index in [1.54, 1.807) is 29.9 Å². The molecule has 1 amide bonds. The lowest BCUT2D eigenvalue weighted by molar-refractivity contribution is -0.126. The molecule has 0 N–H and O–H groups in total. The summed E-state index contributed by atoms with van der Waals surface area (Å²) in [5.74, 6) is 0.122. The Kier molecular flexibility index (Phi) is 5.92. The van der Waals surface area contributed by atoms with Crippen LogP contribution in [0.1, 0.15) is 28.2 Å². The SMILES string of the molecule is Cc1ccc(CC2N=C(N3CC(c4ccccc4)C(c4ccc(Cl)cc4)=N3)N(C)C2=O)cc1F. The average molecular weight is 475 g/mol. The molecule has 0 bridgehead atoms. The molecule has 0 fully saturated rings. The van der Waals surface area contributed by atoms with E-state index in [9.17, 15) is 9.18 Å². The molecule has 7 heteroatoms. The Balaban J connectivity index is 1.46. The number of carbonyl (C=O) groups excluding carboxylic acids is 1. The van der Waals surface area contributed by atoms with Crippen LogP contribution < -0.4 is 0 Å². The number of benzene rings is 3. The molecule has 2 atom stereocenters. The summed E-state index contributed by atoms with van der Waals surface area (Å²) >= 11 is 6.10. The summed E-state index contributed by atoms with van der Waals surface area (Å²) in [6.07, 6.45) is 0.341. The Morgan fingerprint density at radius 1 is 1.06 bits per heavy atom. The van der Waals surface area contributed by atoms with Crippen molar-refractivity contribution in [2.45, 2.75) is 25.3 Å². The Morgan fingerprint density at radius 3 is 2.50 bits per heavy atom. The van der Waals surface area contributed by atoms with Crippen molar-refractivity contribution < 1.29 is 9.18 Å². The second-order valence-corrected chi connectivity index (χ2v) is 9.10. The molecule has 5 rings (SSSR count). The molecule has 0 saturated carbocycles. The van der Waals surface area contributed by atoms with Crippen molar-refractivity contribution >= 4 is 29.2 Å². The molecule has 3 aromatic carbocycles. The van der Waals surface area contributed by atoms with Gasteiger partial charge in [0.2, 0.25) is 5.96 Å². The van der Waals surface area contributed by atoms with Crippen molar-refractivity contribution in [3.05, 3.63) is 106 Å². The second kappa shape index (κ2) is 9.03. The van der Waals surface area contributed by atoms with Gasteiger partial charge in [0.1, 0.15) is 11.9 Å². The van der Waals surface area contributed by atoms with Crippen LogP contribution in [0.5, 0.6) is 0 Å². The number of hydrazone groups is 1. The van der Waals surface area contributed by atoms with E-state index in [1.165, 1.54) is 6.07 Å². The van der Waals surface area contributed by atoms with E-state index < -0.39 is 6.04 Å². The van der Waals surface area contributed by atoms with E-state index in [-0.39, 0.29) is 17.6 Å². The van der Waals surface area contributed by atoms with Gasteiger partial charge in [0.05, 0.1) is 12.3 Å². The fraction of sp³-hybridized carbons (Fsp3) is 0.222. The number of carbonyl (C=O) groups is 1. The van der Waals surface area contributed by atoms with Crippen molar-refractivity contribution in [3.63, 3.8) is 0 Å². The maximum Gasteiger partial charge on any atom is 0.254 e. The van der Waals surface area contributed by atoms with Crippen LogP contribution in [0.15, 0.2) is 82.9 Å². The van der Waals surface area contributed by atoms with Crippen molar-refractivity contribution in [2.24, 2.45) is 10.1 Å². The van der Waals surface area contributed by atoms with Gasteiger partial charge in [-0.25, -0.2) is 14.4 Å². The average Bonchev–Trinajstić information content (AvgIpc) is 3.40. The Morgan fingerprint density at radius 2 is 1.79 bits per heavy atom. The zero-order valence-corrected chi connectivity index (χ0v) is 19.7. The number of halogens is 2. The zero-order valence-electron chi connectivity index (χ0n) is 19.0. The van der Waals surface area contributed by atoms with Crippen LogP contribution in [0.25, 0.3) is 0 Å². The summed E-state index contributed by atoms with van der Waals surface area (Å²) in [6.45, 7) is 2.28. The molecular weight excluding hydrogens is 451 g/mol. The molecule has 2 aliphatic rings. The monoisotopic (exact) mass is 474 g/mol. The first-order valence-electron chi connectivity index (χ1n) is 11.2.